The van der Waals surface area contributed by atoms with Gasteiger partial charge in [0.1, 0.15) is 4.92 Å². The molecule has 1 amide bonds. The normalized spacial score (nSPS) is 11.6. The summed E-state index contributed by atoms with van der Waals surface area (Å²) >= 11 is 3.32. The molecule has 0 spiro atoms. The first-order chi connectivity index (χ1) is 11.4. The van der Waals surface area contributed by atoms with Crippen LogP contribution in [0.5, 0.6) is 0 Å². The Morgan fingerprint density at radius 3 is 2.54 bits per heavy atom. The van der Waals surface area contributed by atoms with Crippen LogP contribution < -0.4 is 5.32 Å². The van der Waals surface area contributed by atoms with E-state index in [0.29, 0.717) is 0 Å². The Labute approximate surface area is 145 Å². The maximum Gasteiger partial charge on any atom is 0.433 e. The zero-order valence-electron chi connectivity index (χ0n) is 12.5. The molecule has 0 radical (unpaired) electrons. The Kier molecular flexibility index (Phi) is 5.69. The first kappa shape index (κ1) is 17.7. The van der Waals surface area contributed by atoms with Gasteiger partial charge < -0.3 is 14.5 Å². The summed E-state index contributed by atoms with van der Waals surface area (Å²) in [7, 11) is 0. The summed E-state index contributed by atoms with van der Waals surface area (Å²) in [6.45, 7) is 1.27. The highest BCUT2D eigenvalue weighted by Gasteiger charge is 2.19. The molecule has 0 saturated heterocycles. The van der Waals surface area contributed by atoms with E-state index in [0.717, 1.165) is 22.2 Å². The van der Waals surface area contributed by atoms with E-state index in [9.17, 15) is 19.7 Å². The molecular formula is C15H13BrN2O6. The van der Waals surface area contributed by atoms with Gasteiger partial charge in [0, 0.05) is 4.47 Å². The molecule has 0 aliphatic carbocycles. The molecule has 8 nitrogen and oxygen atoms in total. The van der Waals surface area contributed by atoms with Crippen LogP contribution in [0.15, 0.2) is 45.3 Å². The largest absolute Gasteiger partial charge is 0.450 e. The number of nitro groups is 1. The van der Waals surface area contributed by atoms with Gasteiger partial charge in [-0.2, -0.15) is 0 Å². The molecule has 0 aliphatic heterocycles. The van der Waals surface area contributed by atoms with Crippen molar-refractivity contribution in [2.75, 3.05) is 6.61 Å². The van der Waals surface area contributed by atoms with Crippen LogP contribution in [0, 0.1) is 10.1 Å². The molecule has 0 aliphatic rings. The number of ether oxygens (including phenoxy) is 1. The lowest BCUT2D eigenvalue weighted by Crippen LogP contribution is -2.31. The molecule has 2 rings (SSSR count). The monoisotopic (exact) mass is 396 g/mol. The van der Waals surface area contributed by atoms with Crippen LogP contribution >= 0.6 is 15.9 Å². The molecule has 0 fully saturated rings. The van der Waals surface area contributed by atoms with Gasteiger partial charge in [0.15, 0.2) is 6.61 Å². The summed E-state index contributed by atoms with van der Waals surface area (Å²) in [5.41, 5.74) is 0.888. The zero-order chi connectivity index (χ0) is 17.7. The molecule has 2 aromatic rings. The van der Waals surface area contributed by atoms with Gasteiger partial charge in [-0.25, -0.2) is 4.79 Å². The van der Waals surface area contributed by atoms with Gasteiger partial charge >= 0.3 is 11.9 Å². The third kappa shape index (κ3) is 4.66. The highest BCUT2D eigenvalue weighted by atomic mass is 79.9. The minimum Gasteiger partial charge on any atom is -0.450 e. The number of esters is 1. The molecule has 126 valence electrons. The number of nitrogens with one attached hydrogen (secondary N) is 1. The van der Waals surface area contributed by atoms with Crippen LogP contribution in [0.3, 0.4) is 0 Å². The molecule has 1 aromatic carbocycles. The van der Waals surface area contributed by atoms with Crippen molar-refractivity contribution in [2.24, 2.45) is 0 Å². The van der Waals surface area contributed by atoms with Crippen molar-refractivity contribution in [3.05, 3.63) is 62.3 Å². The van der Waals surface area contributed by atoms with Crippen molar-refractivity contribution < 1.29 is 23.7 Å². The van der Waals surface area contributed by atoms with Gasteiger partial charge in [0.2, 0.25) is 5.76 Å². The van der Waals surface area contributed by atoms with Crippen molar-refractivity contribution in [1.82, 2.24) is 5.32 Å². The average Bonchev–Trinajstić information content (AvgIpc) is 3.03. The summed E-state index contributed by atoms with van der Waals surface area (Å²) in [4.78, 5) is 33.2. The molecule has 1 heterocycles. The highest BCUT2D eigenvalue weighted by Crippen LogP contribution is 2.17. The van der Waals surface area contributed by atoms with Crippen LogP contribution in [0.2, 0.25) is 0 Å². The predicted molar refractivity (Wildman–Crippen MR) is 86.3 cm³/mol. The number of hydrogen-bond acceptors (Lipinski definition) is 6. The third-order valence-electron chi connectivity index (χ3n) is 3.05. The van der Waals surface area contributed by atoms with Crippen LogP contribution in [0.4, 0.5) is 5.88 Å². The Hall–Kier alpha value is -2.68. The number of nitrogens with zero attached hydrogens (tertiary/aromatic N) is 1. The van der Waals surface area contributed by atoms with E-state index < -0.39 is 29.3 Å². The summed E-state index contributed by atoms with van der Waals surface area (Å²) in [5, 5.41) is 13.1. The lowest BCUT2D eigenvalue weighted by atomic mass is 10.1. The summed E-state index contributed by atoms with van der Waals surface area (Å²) in [6.07, 6.45) is 0. The number of halogens is 1. The first-order valence-corrected chi connectivity index (χ1v) is 7.62. The Morgan fingerprint density at radius 2 is 1.96 bits per heavy atom. The maximum absolute atomic E-state index is 11.8. The molecule has 24 heavy (non-hydrogen) atoms. The van der Waals surface area contributed by atoms with Gasteiger partial charge in [-0.1, -0.05) is 28.1 Å². The van der Waals surface area contributed by atoms with E-state index in [1.165, 1.54) is 0 Å². The maximum atomic E-state index is 11.8. The van der Waals surface area contributed by atoms with Crippen molar-refractivity contribution in [3.63, 3.8) is 0 Å². The minimum absolute atomic E-state index is 0.269. The SMILES string of the molecule is C[C@@H](NC(=O)COC(=O)c1ccc([N+](=O)[O-])o1)c1ccc(Br)cc1. The van der Waals surface area contributed by atoms with Crippen LogP contribution in [-0.2, 0) is 9.53 Å². The first-order valence-electron chi connectivity index (χ1n) is 6.83. The van der Waals surface area contributed by atoms with Crippen molar-refractivity contribution in [1.29, 1.82) is 0 Å². The van der Waals surface area contributed by atoms with Crippen LogP contribution in [0.1, 0.15) is 29.1 Å². The van der Waals surface area contributed by atoms with Gasteiger partial charge in [-0.3, -0.25) is 14.9 Å². The van der Waals surface area contributed by atoms with E-state index in [1.807, 2.05) is 24.3 Å². The number of furan rings is 1. The number of rotatable bonds is 6. The topological polar surface area (TPSA) is 112 Å². The quantitative estimate of drug-likeness (QED) is 0.456. The molecule has 0 bridgehead atoms. The number of benzene rings is 1. The van der Waals surface area contributed by atoms with Gasteiger partial charge in [0.25, 0.3) is 5.91 Å². The average molecular weight is 397 g/mol. The van der Waals surface area contributed by atoms with Crippen molar-refractivity contribution in [3.8, 4) is 0 Å². The Bertz CT molecular complexity index is 756. The van der Waals surface area contributed by atoms with Gasteiger partial charge in [0.05, 0.1) is 12.1 Å². The van der Waals surface area contributed by atoms with E-state index >= 15 is 0 Å². The molecular weight excluding hydrogens is 384 g/mol. The fraction of sp³-hybridized carbons (Fsp3) is 0.200. The zero-order valence-corrected chi connectivity index (χ0v) is 14.1. The lowest BCUT2D eigenvalue weighted by molar-refractivity contribution is -0.402. The standard InChI is InChI=1S/C15H13BrN2O6/c1-9(10-2-4-11(16)5-3-10)17-13(19)8-23-15(20)12-6-7-14(24-12)18(21)22/h2-7,9H,8H2,1H3,(H,17,19)/t9-/m1/s1. The molecule has 1 N–H and O–H groups in total. The van der Waals surface area contributed by atoms with E-state index in [4.69, 9.17) is 9.15 Å². The molecule has 0 saturated carbocycles. The molecule has 0 unspecified atom stereocenters. The summed E-state index contributed by atoms with van der Waals surface area (Å²) in [6, 6.07) is 9.28. The molecule has 1 aromatic heterocycles. The number of hydrogen-bond donors (Lipinski definition) is 1. The van der Waals surface area contributed by atoms with Crippen molar-refractivity contribution in [2.45, 2.75) is 13.0 Å². The Morgan fingerprint density at radius 1 is 1.29 bits per heavy atom. The smallest absolute Gasteiger partial charge is 0.433 e. The van der Waals surface area contributed by atoms with Crippen LogP contribution in [0.25, 0.3) is 0 Å². The van der Waals surface area contributed by atoms with E-state index in [1.54, 1.807) is 6.92 Å². The highest BCUT2D eigenvalue weighted by molar-refractivity contribution is 9.10. The van der Waals surface area contributed by atoms with E-state index in [-0.39, 0.29) is 11.8 Å². The van der Waals surface area contributed by atoms with Crippen molar-refractivity contribution >= 4 is 33.7 Å². The minimum atomic E-state index is -0.949. The molecule has 9 heteroatoms. The number of carbonyl (C=O) groups excluding carboxylic acids is 2. The molecule has 1 atom stereocenters. The Balaban J connectivity index is 1.84. The third-order valence-corrected chi connectivity index (χ3v) is 3.58. The summed E-state index contributed by atoms with van der Waals surface area (Å²) < 4.78 is 10.4. The lowest BCUT2D eigenvalue weighted by Gasteiger charge is -2.14. The van der Waals surface area contributed by atoms with Crippen LogP contribution in [-0.4, -0.2) is 23.4 Å². The number of carbonyl (C=O) groups is 2. The second kappa shape index (κ2) is 7.73. The second-order valence-electron chi connectivity index (χ2n) is 4.81. The predicted octanol–water partition coefficient (Wildman–Crippen LogP) is 2.98. The van der Waals surface area contributed by atoms with Gasteiger partial charge in [-0.15, -0.1) is 0 Å². The van der Waals surface area contributed by atoms with E-state index in [2.05, 4.69) is 21.2 Å². The summed E-state index contributed by atoms with van der Waals surface area (Å²) in [5.74, 6) is -2.36. The fourth-order valence-corrected chi connectivity index (χ4v) is 2.12. The van der Waals surface area contributed by atoms with Gasteiger partial charge in [-0.05, 0) is 30.7 Å². The second-order valence-corrected chi connectivity index (χ2v) is 5.73. The number of amides is 1. The fourth-order valence-electron chi connectivity index (χ4n) is 1.86.